The molecule has 4 heteroatoms. The SMILES string of the molecule is C=C(CC)C(=O)O[PH2]=O. The molecule has 0 fully saturated rings. The molecule has 0 aliphatic carbocycles. The molecule has 0 saturated carbocycles. The van der Waals surface area contributed by atoms with E-state index in [1.54, 1.807) is 6.92 Å². The molecule has 9 heavy (non-hydrogen) atoms. The van der Waals surface area contributed by atoms with Gasteiger partial charge in [-0.15, -0.1) is 0 Å². The normalized spacial score (nSPS) is 9.89. The van der Waals surface area contributed by atoms with E-state index in [1.165, 1.54) is 0 Å². The predicted octanol–water partition coefficient (Wildman–Crippen LogP) is 1.17. The summed E-state index contributed by atoms with van der Waals surface area (Å²) >= 11 is 0. The van der Waals surface area contributed by atoms with Gasteiger partial charge in [-0.1, -0.05) is 13.5 Å². The number of hydrogen-bond acceptors (Lipinski definition) is 3. The number of hydrogen-bond donors (Lipinski definition) is 0. The molecular weight excluding hydrogens is 139 g/mol. The van der Waals surface area contributed by atoms with Crippen molar-refractivity contribution in [2.45, 2.75) is 13.3 Å². The minimum Gasteiger partial charge on any atom is -0.413 e. The van der Waals surface area contributed by atoms with Gasteiger partial charge in [0, 0.05) is 5.57 Å². The van der Waals surface area contributed by atoms with Crippen molar-refractivity contribution in [3.05, 3.63) is 12.2 Å². The van der Waals surface area contributed by atoms with Crippen LogP contribution >= 0.6 is 8.69 Å². The first-order chi connectivity index (χ1) is 4.22. The number of carbonyl (C=O) groups excluding carboxylic acids is 1. The van der Waals surface area contributed by atoms with Gasteiger partial charge in [0.25, 0.3) is 0 Å². The third-order valence-electron chi connectivity index (χ3n) is 0.871. The van der Waals surface area contributed by atoms with E-state index < -0.39 is 14.7 Å². The van der Waals surface area contributed by atoms with Gasteiger partial charge in [0.1, 0.15) is 0 Å². The molecule has 0 rings (SSSR count). The quantitative estimate of drug-likeness (QED) is 0.445. The topological polar surface area (TPSA) is 43.4 Å². The maximum Gasteiger partial charge on any atom is 0.338 e. The van der Waals surface area contributed by atoms with Crippen molar-refractivity contribution < 1.29 is 13.9 Å². The first kappa shape index (κ1) is 8.44. The van der Waals surface area contributed by atoms with Gasteiger partial charge in [0.05, 0.1) is 0 Å². The van der Waals surface area contributed by atoms with E-state index >= 15 is 0 Å². The van der Waals surface area contributed by atoms with Crippen LogP contribution in [0, 0.1) is 0 Å². The number of rotatable bonds is 3. The van der Waals surface area contributed by atoms with Crippen molar-refractivity contribution in [3.63, 3.8) is 0 Å². The molecule has 0 saturated heterocycles. The molecule has 0 spiro atoms. The van der Waals surface area contributed by atoms with Gasteiger partial charge in [0.2, 0.25) is 8.69 Å². The van der Waals surface area contributed by atoms with Gasteiger partial charge in [-0.25, -0.2) is 4.79 Å². The highest BCUT2D eigenvalue weighted by Crippen LogP contribution is 2.04. The van der Waals surface area contributed by atoms with Crippen LogP contribution in [0.25, 0.3) is 0 Å². The van der Waals surface area contributed by atoms with Crippen LogP contribution in [0.1, 0.15) is 13.3 Å². The predicted molar refractivity (Wildman–Crippen MR) is 35.9 cm³/mol. The smallest absolute Gasteiger partial charge is 0.338 e. The molecule has 0 radical (unpaired) electrons. The molecule has 0 aromatic heterocycles. The summed E-state index contributed by atoms with van der Waals surface area (Å²) in [6.45, 7) is 5.17. The lowest BCUT2D eigenvalue weighted by Gasteiger charge is -1.95. The molecular formula is C5H9O3P. The highest BCUT2D eigenvalue weighted by molar-refractivity contribution is 7.18. The van der Waals surface area contributed by atoms with Gasteiger partial charge in [-0.2, -0.15) is 0 Å². The average molecular weight is 148 g/mol. The largest absolute Gasteiger partial charge is 0.413 e. The Kier molecular flexibility index (Phi) is 4.06. The maximum absolute atomic E-state index is 10.5. The van der Waals surface area contributed by atoms with E-state index in [2.05, 4.69) is 11.1 Å². The highest BCUT2D eigenvalue weighted by Gasteiger charge is 2.02. The van der Waals surface area contributed by atoms with Crippen molar-refractivity contribution in [2.24, 2.45) is 0 Å². The van der Waals surface area contributed by atoms with Crippen molar-refractivity contribution in [1.82, 2.24) is 0 Å². The van der Waals surface area contributed by atoms with E-state index in [0.717, 1.165) is 0 Å². The van der Waals surface area contributed by atoms with Crippen molar-refractivity contribution in [1.29, 1.82) is 0 Å². The molecule has 0 aliphatic heterocycles. The van der Waals surface area contributed by atoms with Crippen LogP contribution in [0.3, 0.4) is 0 Å². The summed E-state index contributed by atoms with van der Waals surface area (Å²) in [5.41, 5.74) is 0.360. The summed E-state index contributed by atoms with van der Waals surface area (Å²) in [4.78, 5) is 10.5. The molecule has 0 aliphatic rings. The fourth-order valence-electron chi connectivity index (χ4n) is 0.271. The van der Waals surface area contributed by atoms with Crippen LogP contribution in [-0.2, 0) is 13.9 Å². The zero-order valence-electron chi connectivity index (χ0n) is 5.22. The van der Waals surface area contributed by atoms with Gasteiger partial charge < -0.3 is 4.52 Å². The first-order valence-electron chi connectivity index (χ1n) is 2.54. The Morgan fingerprint density at radius 3 is 2.67 bits per heavy atom. The maximum atomic E-state index is 10.5. The summed E-state index contributed by atoms with van der Waals surface area (Å²) in [5.74, 6) is -0.553. The Morgan fingerprint density at radius 2 is 2.33 bits per heavy atom. The molecule has 0 heterocycles. The Balaban J connectivity index is 3.73. The zero-order valence-corrected chi connectivity index (χ0v) is 6.37. The minimum absolute atomic E-state index is 0.360. The standard InChI is InChI=1S/C5H9O3P/c1-3-4(2)5(6)8-9-7/h2-3,9H2,1H3. The van der Waals surface area contributed by atoms with E-state index in [1.807, 2.05) is 0 Å². The molecule has 1 unspecified atom stereocenters. The Labute approximate surface area is 55.0 Å². The second kappa shape index (κ2) is 4.33. The Hall–Kier alpha value is -0.560. The van der Waals surface area contributed by atoms with Crippen molar-refractivity contribution >= 4 is 14.7 Å². The lowest BCUT2D eigenvalue weighted by atomic mass is 10.2. The fraction of sp³-hybridized carbons (Fsp3) is 0.400. The highest BCUT2D eigenvalue weighted by atomic mass is 31.1. The summed E-state index contributed by atoms with van der Waals surface area (Å²) in [6.07, 6.45) is 0.540. The number of carbonyl (C=O) groups is 1. The molecule has 0 aromatic carbocycles. The average Bonchev–Trinajstić information content (AvgIpc) is 1.87. The summed E-state index contributed by atoms with van der Waals surface area (Å²) < 4.78 is 13.9. The van der Waals surface area contributed by atoms with E-state index in [-0.39, 0.29) is 0 Å². The van der Waals surface area contributed by atoms with Crippen LogP contribution in [0.4, 0.5) is 0 Å². The lowest BCUT2D eigenvalue weighted by Crippen LogP contribution is -1.98. The lowest BCUT2D eigenvalue weighted by molar-refractivity contribution is -0.129. The molecule has 0 N–H and O–H groups in total. The minimum atomic E-state index is -1.44. The van der Waals surface area contributed by atoms with Crippen LogP contribution in [-0.4, -0.2) is 5.97 Å². The van der Waals surface area contributed by atoms with E-state index in [0.29, 0.717) is 12.0 Å². The molecule has 0 aromatic rings. The van der Waals surface area contributed by atoms with Gasteiger partial charge in [-0.05, 0) is 6.42 Å². The molecule has 3 nitrogen and oxygen atoms in total. The third-order valence-corrected chi connectivity index (χ3v) is 1.18. The molecule has 0 bridgehead atoms. The fourth-order valence-corrected chi connectivity index (χ4v) is 0.525. The molecule has 0 amide bonds. The van der Waals surface area contributed by atoms with E-state index in [9.17, 15) is 9.36 Å². The summed E-state index contributed by atoms with van der Waals surface area (Å²) in [7, 11) is -1.44. The third kappa shape index (κ3) is 3.09. The monoisotopic (exact) mass is 148 g/mol. The first-order valence-corrected chi connectivity index (χ1v) is 3.49. The van der Waals surface area contributed by atoms with Crippen LogP contribution in [0.15, 0.2) is 12.2 Å². The van der Waals surface area contributed by atoms with Gasteiger partial charge >= 0.3 is 5.97 Å². The van der Waals surface area contributed by atoms with Crippen LogP contribution < -0.4 is 0 Å². The zero-order chi connectivity index (χ0) is 7.28. The van der Waals surface area contributed by atoms with Crippen molar-refractivity contribution in [3.8, 4) is 0 Å². The van der Waals surface area contributed by atoms with E-state index in [4.69, 9.17) is 0 Å². The molecule has 52 valence electrons. The second-order valence-electron chi connectivity index (χ2n) is 1.46. The Morgan fingerprint density at radius 1 is 1.78 bits per heavy atom. The van der Waals surface area contributed by atoms with Gasteiger partial charge in [0.15, 0.2) is 0 Å². The van der Waals surface area contributed by atoms with Crippen LogP contribution in [0.5, 0.6) is 0 Å². The molecule has 1 atom stereocenters. The van der Waals surface area contributed by atoms with Gasteiger partial charge in [-0.3, -0.25) is 4.57 Å². The second-order valence-corrected chi connectivity index (χ2v) is 1.89. The Bertz CT molecular complexity index is 141. The van der Waals surface area contributed by atoms with Crippen molar-refractivity contribution in [2.75, 3.05) is 0 Å². The van der Waals surface area contributed by atoms with Crippen LogP contribution in [0.2, 0.25) is 0 Å². The summed E-state index contributed by atoms with van der Waals surface area (Å²) in [5, 5.41) is 0. The summed E-state index contributed by atoms with van der Waals surface area (Å²) in [6, 6.07) is 0.